The summed E-state index contributed by atoms with van der Waals surface area (Å²) >= 11 is 0. The largest absolute Gasteiger partial charge is 0.497 e. The zero-order valence-electron chi connectivity index (χ0n) is 10.1. The molecule has 0 radical (unpaired) electrons. The van der Waals surface area contributed by atoms with Crippen LogP contribution in [0.5, 0.6) is 5.75 Å². The molecule has 0 unspecified atom stereocenters. The van der Waals surface area contributed by atoms with Gasteiger partial charge in [0, 0.05) is 18.9 Å². The SMILES string of the molecule is COc1ccc(CCNCc2cc[nH]c2)cc1. The summed E-state index contributed by atoms with van der Waals surface area (Å²) in [6.07, 6.45) is 5.00. The first kappa shape index (κ1) is 11.7. The van der Waals surface area contributed by atoms with Crippen LogP contribution in [-0.4, -0.2) is 18.6 Å². The lowest BCUT2D eigenvalue weighted by Crippen LogP contribution is -2.16. The molecule has 90 valence electrons. The van der Waals surface area contributed by atoms with Gasteiger partial charge in [-0.05, 0) is 42.3 Å². The highest BCUT2D eigenvalue weighted by Gasteiger charge is 1.95. The number of rotatable bonds is 6. The van der Waals surface area contributed by atoms with E-state index in [0.29, 0.717) is 0 Å². The zero-order valence-corrected chi connectivity index (χ0v) is 10.1. The first-order valence-electron chi connectivity index (χ1n) is 5.84. The van der Waals surface area contributed by atoms with Crippen LogP contribution in [0.15, 0.2) is 42.7 Å². The lowest BCUT2D eigenvalue weighted by molar-refractivity contribution is 0.414. The van der Waals surface area contributed by atoms with Crippen LogP contribution in [0.4, 0.5) is 0 Å². The number of H-pyrrole nitrogens is 1. The Hall–Kier alpha value is -1.74. The third-order valence-electron chi connectivity index (χ3n) is 2.74. The minimum absolute atomic E-state index is 0.911. The van der Waals surface area contributed by atoms with E-state index in [-0.39, 0.29) is 0 Å². The molecule has 2 rings (SSSR count). The molecule has 0 aliphatic heterocycles. The Morgan fingerprint density at radius 1 is 1.12 bits per heavy atom. The van der Waals surface area contributed by atoms with Crippen molar-refractivity contribution in [1.82, 2.24) is 10.3 Å². The van der Waals surface area contributed by atoms with Crippen LogP contribution < -0.4 is 10.1 Å². The number of nitrogens with one attached hydrogen (secondary N) is 2. The monoisotopic (exact) mass is 230 g/mol. The number of benzene rings is 1. The maximum atomic E-state index is 5.12. The third-order valence-corrected chi connectivity index (χ3v) is 2.74. The minimum atomic E-state index is 0.911. The fourth-order valence-electron chi connectivity index (χ4n) is 1.73. The summed E-state index contributed by atoms with van der Waals surface area (Å²) in [5, 5.41) is 3.41. The number of hydrogen-bond donors (Lipinski definition) is 2. The predicted molar refractivity (Wildman–Crippen MR) is 69.2 cm³/mol. The summed E-state index contributed by atoms with van der Waals surface area (Å²) in [7, 11) is 1.69. The van der Waals surface area contributed by atoms with Crippen LogP contribution in [0, 0.1) is 0 Å². The van der Waals surface area contributed by atoms with Crippen molar-refractivity contribution in [1.29, 1.82) is 0 Å². The van der Waals surface area contributed by atoms with Gasteiger partial charge < -0.3 is 15.0 Å². The van der Waals surface area contributed by atoms with Crippen LogP contribution in [0.25, 0.3) is 0 Å². The van der Waals surface area contributed by atoms with E-state index < -0.39 is 0 Å². The highest BCUT2D eigenvalue weighted by molar-refractivity contribution is 5.27. The van der Waals surface area contributed by atoms with Gasteiger partial charge in [-0.2, -0.15) is 0 Å². The normalized spacial score (nSPS) is 10.4. The van der Waals surface area contributed by atoms with Gasteiger partial charge in [-0.1, -0.05) is 12.1 Å². The smallest absolute Gasteiger partial charge is 0.118 e. The van der Waals surface area contributed by atoms with Gasteiger partial charge in [-0.3, -0.25) is 0 Å². The summed E-state index contributed by atoms with van der Waals surface area (Å²) in [4.78, 5) is 3.05. The van der Waals surface area contributed by atoms with Crippen molar-refractivity contribution < 1.29 is 4.74 Å². The molecule has 2 aromatic rings. The zero-order chi connectivity index (χ0) is 11.9. The first-order chi connectivity index (χ1) is 8.38. The van der Waals surface area contributed by atoms with E-state index in [9.17, 15) is 0 Å². The third kappa shape index (κ3) is 3.64. The van der Waals surface area contributed by atoms with Crippen molar-refractivity contribution >= 4 is 0 Å². The minimum Gasteiger partial charge on any atom is -0.497 e. The molecule has 3 heteroatoms. The van der Waals surface area contributed by atoms with Crippen molar-refractivity contribution in [2.45, 2.75) is 13.0 Å². The van der Waals surface area contributed by atoms with Gasteiger partial charge in [-0.15, -0.1) is 0 Å². The molecule has 3 nitrogen and oxygen atoms in total. The molecular weight excluding hydrogens is 212 g/mol. The van der Waals surface area contributed by atoms with E-state index in [1.54, 1.807) is 7.11 Å². The van der Waals surface area contributed by atoms with Crippen molar-refractivity contribution in [3.05, 3.63) is 53.9 Å². The van der Waals surface area contributed by atoms with E-state index in [0.717, 1.165) is 25.3 Å². The lowest BCUT2D eigenvalue weighted by atomic mass is 10.1. The molecule has 0 spiro atoms. The Morgan fingerprint density at radius 2 is 1.94 bits per heavy atom. The average Bonchev–Trinajstić information content (AvgIpc) is 2.88. The van der Waals surface area contributed by atoms with Gasteiger partial charge >= 0.3 is 0 Å². The maximum absolute atomic E-state index is 5.12. The van der Waals surface area contributed by atoms with Crippen molar-refractivity contribution in [3.63, 3.8) is 0 Å². The maximum Gasteiger partial charge on any atom is 0.118 e. The number of ether oxygens (including phenoxy) is 1. The Morgan fingerprint density at radius 3 is 2.59 bits per heavy atom. The Bertz CT molecular complexity index is 420. The fraction of sp³-hybridized carbons (Fsp3) is 0.286. The van der Waals surface area contributed by atoms with Crippen LogP contribution in [-0.2, 0) is 13.0 Å². The summed E-state index contributed by atoms with van der Waals surface area (Å²) in [5.41, 5.74) is 2.62. The molecule has 17 heavy (non-hydrogen) atoms. The molecule has 0 saturated carbocycles. The van der Waals surface area contributed by atoms with Gasteiger partial charge in [0.2, 0.25) is 0 Å². The predicted octanol–water partition coefficient (Wildman–Crippen LogP) is 2.36. The number of methoxy groups -OCH3 is 1. The molecule has 1 aromatic carbocycles. The Kier molecular flexibility index (Phi) is 4.22. The van der Waals surface area contributed by atoms with Crippen molar-refractivity contribution in [2.75, 3.05) is 13.7 Å². The number of aromatic amines is 1. The van der Waals surface area contributed by atoms with E-state index in [2.05, 4.69) is 28.5 Å². The molecule has 0 saturated heterocycles. The molecule has 1 aromatic heterocycles. The van der Waals surface area contributed by atoms with Crippen LogP contribution in [0.3, 0.4) is 0 Å². The summed E-state index contributed by atoms with van der Waals surface area (Å²) < 4.78 is 5.12. The Balaban J connectivity index is 1.70. The van der Waals surface area contributed by atoms with Crippen LogP contribution in [0.1, 0.15) is 11.1 Å². The molecule has 0 aliphatic carbocycles. The molecule has 0 fully saturated rings. The standard InChI is InChI=1S/C14H18N2O/c1-17-14-4-2-12(3-5-14)6-8-15-10-13-7-9-16-11-13/h2-5,7,9,11,15-16H,6,8,10H2,1H3. The second-order valence-electron chi connectivity index (χ2n) is 3.99. The second-order valence-corrected chi connectivity index (χ2v) is 3.99. The molecule has 0 atom stereocenters. The fourth-order valence-corrected chi connectivity index (χ4v) is 1.73. The van der Waals surface area contributed by atoms with Crippen LogP contribution in [0.2, 0.25) is 0 Å². The molecule has 1 heterocycles. The van der Waals surface area contributed by atoms with E-state index >= 15 is 0 Å². The van der Waals surface area contributed by atoms with Gasteiger partial charge in [0.05, 0.1) is 7.11 Å². The lowest BCUT2D eigenvalue weighted by Gasteiger charge is -2.05. The topological polar surface area (TPSA) is 37.0 Å². The summed E-state index contributed by atoms with van der Waals surface area (Å²) in [6, 6.07) is 10.3. The van der Waals surface area contributed by atoms with Gasteiger partial charge in [0.25, 0.3) is 0 Å². The number of hydrogen-bond acceptors (Lipinski definition) is 2. The number of aromatic nitrogens is 1. The second kappa shape index (κ2) is 6.11. The van der Waals surface area contributed by atoms with E-state index in [4.69, 9.17) is 4.74 Å². The molecule has 0 bridgehead atoms. The van der Waals surface area contributed by atoms with Gasteiger partial charge in [0.15, 0.2) is 0 Å². The van der Waals surface area contributed by atoms with Gasteiger partial charge in [-0.25, -0.2) is 0 Å². The molecule has 0 aliphatic rings. The summed E-state index contributed by atoms with van der Waals surface area (Å²) in [6.45, 7) is 1.90. The Labute approximate surface area is 102 Å². The summed E-state index contributed by atoms with van der Waals surface area (Å²) in [5.74, 6) is 0.911. The molecular formula is C14H18N2O. The van der Waals surface area contributed by atoms with Crippen molar-refractivity contribution in [3.8, 4) is 5.75 Å². The van der Waals surface area contributed by atoms with Crippen molar-refractivity contribution in [2.24, 2.45) is 0 Å². The van der Waals surface area contributed by atoms with E-state index in [1.165, 1.54) is 11.1 Å². The first-order valence-corrected chi connectivity index (χ1v) is 5.84. The quantitative estimate of drug-likeness (QED) is 0.747. The van der Waals surface area contributed by atoms with Crippen LogP contribution >= 0.6 is 0 Å². The highest BCUT2D eigenvalue weighted by atomic mass is 16.5. The average molecular weight is 230 g/mol. The van der Waals surface area contributed by atoms with E-state index in [1.807, 2.05) is 24.5 Å². The highest BCUT2D eigenvalue weighted by Crippen LogP contribution is 2.11. The molecule has 0 amide bonds. The molecule has 2 N–H and O–H groups in total. The van der Waals surface area contributed by atoms with Gasteiger partial charge in [0.1, 0.15) is 5.75 Å².